The van der Waals surface area contributed by atoms with Crippen molar-refractivity contribution in [2.24, 2.45) is 0 Å². The Morgan fingerprint density at radius 3 is 1.94 bits per heavy atom. The van der Waals surface area contributed by atoms with Crippen molar-refractivity contribution < 1.29 is 38.9 Å². The summed E-state index contributed by atoms with van der Waals surface area (Å²) in [4.78, 5) is 59.6. The number of carboxylic acids is 2. The van der Waals surface area contributed by atoms with Crippen LogP contribution in [0.4, 0.5) is 0 Å². The molecule has 0 spiro atoms. The monoisotopic (exact) mass is 518 g/mol. The molecule has 0 aromatic heterocycles. The molecule has 0 aliphatic rings. The van der Waals surface area contributed by atoms with E-state index < -0.39 is 47.9 Å². The predicted molar refractivity (Wildman–Crippen MR) is 130 cm³/mol. The molecule has 2 amide bonds. The minimum Gasteiger partial charge on any atom is -0.481 e. The molecule has 2 aromatic carbocycles. The molecule has 11 heteroatoms. The molecule has 0 aliphatic carbocycles. The summed E-state index contributed by atoms with van der Waals surface area (Å²) >= 11 is 5.85. The Morgan fingerprint density at radius 1 is 0.917 bits per heavy atom. The lowest BCUT2D eigenvalue weighted by Gasteiger charge is -2.27. The van der Waals surface area contributed by atoms with Crippen molar-refractivity contribution in [1.29, 1.82) is 0 Å². The highest BCUT2D eigenvalue weighted by Crippen LogP contribution is 2.21. The summed E-state index contributed by atoms with van der Waals surface area (Å²) in [6, 6.07) is 10.1. The van der Waals surface area contributed by atoms with Gasteiger partial charge in [0.2, 0.25) is 5.91 Å². The van der Waals surface area contributed by atoms with Crippen molar-refractivity contribution in [2.75, 3.05) is 0 Å². The highest BCUT2D eigenvalue weighted by molar-refractivity contribution is 6.30. The maximum absolute atomic E-state index is 12.7. The van der Waals surface area contributed by atoms with Gasteiger partial charge in [0.15, 0.2) is 11.4 Å². The van der Waals surface area contributed by atoms with Gasteiger partial charge < -0.3 is 25.6 Å². The fourth-order valence-corrected chi connectivity index (χ4v) is 3.17. The first kappa shape index (κ1) is 28.3. The Balaban J connectivity index is 1.98. The molecule has 0 radical (unpaired) electrons. The number of amides is 2. The minimum absolute atomic E-state index is 0.210. The topological polar surface area (TPSA) is 159 Å². The van der Waals surface area contributed by atoms with Gasteiger partial charge in [-0.3, -0.25) is 19.2 Å². The predicted octanol–water partition coefficient (Wildman–Crippen LogP) is 2.67. The third-order valence-electron chi connectivity index (χ3n) is 5.15. The van der Waals surface area contributed by atoms with Crippen LogP contribution in [0.3, 0.4) is 0 Å². The van der Waals surface area contributed by atoms with Crippen LogP contribution < -0.4 is 15.4 Å². The van der Waals surface area contributed by atoms with E-state index in [0.717, 1.165) is 0 Å². The molecule has 0 saturated carbocycles. The van der Waals surface area contributed by atoms with Gasteiger partial charge in [-0.2, -0.15) is 0 Å². The lowest BCUT2D eigenvalue weighted by Crippen LogP contribution is -2.55. The van der Waals surface area contributed by atoms with Crippen LogP contribution >= 0.6 is 11.6 Å². The zero-order valence-electron chi connectivity index (χ0n) is 19.9. The number of carboxylic acid groups (broad SMARTS) is 2. The molecule has 10 nitrogen and oxygen atoms in total. The van der Waals surface area contributed by atoms with Gasteiger partial charge in [-0.15, -0.1) is 0 Å². The van der Waals surface area contributed by atoms with Crippen LogP contribution in [0.15, 0.2) is 48.5 Å². The highest BCUT2D eigenvalue weighted by Gasteiger charge is 2.33. The molecule has 192 valence electrons. The molecule has 4 N–H and O–H groups in total. The summed E-state index contributed by atoms with van der Waals surface area (Å²) in [5, 5.41) is 23.1. The smallest absolute Gasteiger partial charge is 0.326 e. The number of halogens is 1. The lowest BCUT2D eigenvalue weighted by atomic mass is 10.0. The van der Waals surface area contributed by atoms with Crippen LogP contribution in [0.2, 0.25) is 5.02 Å². The third kappa shape index (κ3) is 8.09. The minimum atomic E-state index is -1.42. The summed E-state index contributed by atoms with van der Waals surface area (Å²) < 4.78 is 5.75. The Labute approximate surface area is 212 Å². The fourth-order valence-electron chi connectivity index (χ4n) is 3.04. The van der Waals surface area contributed by atoms with Gasteiger partial charge in [0.1, 0.15) is 17.8 Å². The second kappa shape index (κ2) is 12.2. The summed E-state index contributed by atoms with van der Waals surface area (Å²) in [7, 11) is 0. The average Bonchev–Trinajstić information content (AvgIpc) is 2.81. The van der Waals surface area contributed by atoms with Crippen LogP contribution in [0.1, 0.15) is 49.5 Å². The van der Waals surface area contributed by atoms with E-state index in [1.807, 2.05) is 0 Å². The number of nitrogens with one attached hydrogen (secondary N) is 2. The number of hydrogen-bond donors (Lipinski definition) is 4. The van der Waals surface area contributed by atoms with Gasteiger partial charge >= 0.3 is 11.9 Å². The molecule has 1 unspecified atom stereocenters. The quantitative estimate of drug-likeness (QED) is 0.312. The fraction of sp³-hybridized carbons (Fsp3) is 0.320. The maximum atomic E-state index is 12.7. The molecule has 0 saturated heterocycles. The first-order valence-electron chi connectivity index (χ1n) is 11.0. The number of hydrogen-bond acceptors (Lipinski definition) is 6. The second-order valence-corrected chi connectivity index (χ2v) is 8.94. The van der Waals surface area contributed by atoms with Crippen molar-refractivity contribution in [3.63, 3.8) is 0 Å². The average molecular weight is 519 g/mol. The Morgan fingerprint density at radius 2 is 1.44 bits per heavy atom. The van der Waals surface area contributed by atoms with Crippen molar-refractivity contribution >= 4 is 41.1 Å². The summed E-state index contributed by atoms with van der Waals surface area (Å²) in [6.07, 6.45) is -0.745. The van der Waals surface area contributed by atoms with Crippen molar-refractivity contribution in [2.45, 2.75) is 51.3 Å². The Kier molecular flexibility index (Phi) is 9.57. The highest BCUT2D eigenvalue weighted by atomic mass is 35.5. The number of aliphatic carboxylic acids is 2. The molecule has 0 heterocycles. The number of carbonyl (C=O) groups excluding carboxylic acids is 3. The summed E-state index contributed by atoms with van der Waals surface area (Å²) in [5.74, 6) is -3.92. The van der Waals surface area contributed by atoms with E-state index in [1.165, 1.54) is 32.9 Å². The Bertz CT molecular complexity index is 1130. The van der Waals surface area contributed by atoms with Gasteiger partial charge in [-0.1, -0.05) is 11.6 Å². The summed E-state index contributed by atoms with van der Waals surface area (Å²) in [5.41, 5.74) is -0.549. The molecule has 2 aromatic rings. The van der Waals surface area contributed by atoms with E-state index in [2.05, 4.69) is 10.6 Å². The summed E-state index contributed by atoms with van der Waals surface area (Å²) in [6.45, 7) is 4.32. The van der Waals surface area contributed by atoms with Crippen LogP contribution in [0.5, 0.6) is 5.75 Å². The number of carbonyl (C=O) groups is 5. The number of ketones is 1. The molecule has 2 rings (SSSR count). The molecule has 2 atom stereocenters. The lowest BCUT2D eigenvalue weighted by molar-refractivity contribution is -0.143. The van der Waals surface area contributed by atoms with E-state index in [4.69, 9.17) is 21.4 Å². The van der Waals surface area contributed by atoms with Crippen LogP contribution in [-0.4, -0.2) is 57.4 Å². The molecular formula is C25H27ClN2O8. The van der Waals surface area contributed by atoms with Gasteiger partial charge in [0.05, 0.1) is 0 Å². The number of ether oxygens (including phenoxy) is 1. The number of benzene rings is 2. The molecule has 0 fully saturated rings. The van der Waals surface area contributed by atoms with E-state index in [1.54, 1.807) is 36.4 Å². The van der Waals surface area contributed by atoms with Crippen LogP contribution in [0.25, 0.3) is 0 Å². The number of rotatable bonds is 12. The molecule has 0 aliphatic heterocycles. The van der Waals surface area contributed by atoms with Crippen LogP contribution in [-0.2, 0) is 19.2 Å². The SMILES string of the molecule is C[C@H](NC(=O)C(C)(C)Oc1ccc(C(=O)c2ccc(Cl)cc2)cc1)C(=O)NC(CCC(=O)O)C(=O)O. The van der Waals surface area contributed by atoms with Gasteiger partial charge in [0.25, 0.3) is 5.91 Å². The van der Waals surface area contributed by atoms with Crippen molar-refractivity contribution in [1.82, 2.24) is 10.6 Å². The normalized spacial score (nSPS) is 12.7. The van der Waals surface area contributed by atoms with Crippen LogP contribution in [0, 0.1) is 0 Å². The Hall–Kier alpha value is -3.92. The van der Waals surface area contributed by atoms with Gasteiger partial charge in [-0.05, 0) is 75.7 Å². The molecular weight excluding hydrogens is 492 g/mol. The third-order valence-corrected chi connectivity index (χ3v) is 5.40. The van der Waals surface area contributed by atoms with E-state index in [-0.39, 0.29) is 12.2 Å². The molecule has 0 bridgehead atoms. The van der Waals surface area contributed by atoms with Crippen molar-refractivity contribution in [3.05, 3.63) is 64.7 Å². The maximum Gasteiger partial charge on any atom is 0.326 e. The van der Waals surface area contributed by atoms with E-state index in [9.17, 15) is 29.1 Å². The molecule has 36 heavy (non-hydrogen) atoms. The first-order chi connectivity index (χ1) is 16.8. The standard InChI is InChI=1S/C25H27ClN2O8/c1-14(22(32)28-19(23(33)34)12-13-20(29)30)27-24(35)25(2,3)36-18-10-6-16(7-11-18)21(31)15-4-8-17(26)9-5-15/h4-11,14,19H,12-13H2,1-3H3,(H,27,35)(H,28,32)(H,29,30)(H,33,34)/t14-,19?/m0/s1. The van der Waals surface area contributed by atoms with E-state index >= 15 is 0 Å². The first-order valence-corrected chi connectivity index (χ1v) is 11.3. The zero-order chi connectivity index (χ0) is 27.0. The second-order valence-electron chi connectivity index (χ2n) is 8.50. The van der Waals surface area contributed by atoms with Gasteiger partial charge in [0, 0.05) is 22.6 Å². The van der Waals surface area contributed by atoms with Gasteiger partial charge in [-0.25, -0.2) is 4.79 Å². The largest absolute Gasteiger partial charge is 0.481 e. The van der Waals surface area contributed by atoms with E-state index in [0.29, 0.717) is 21.9 Å². The zero-order valence-corrected chi connectivity index (χ0v) is 20.7. The van der Waals surface area contributed by atoms with Crippen molar-refractivity contribution in [3.8, 4) is 5.75 Å².